The van der Waals surface area contributed by atoms with Crippen molar-refractivity contribution in [2.45, 2.75) is 37.9 Å². The van der Waals surface area contributed by atoms with Crippen molar-refractivity contribution >= 4 is 23.1 Å². The van der Waals surface area contributed by atoms with Crippen molar-refractivity contribution in [3.8, 4) is 16.9 Å². The molecule has 5 aliphatic heterocycles. The van der Waals surface area contributed by atoms with E-state index in [-0.39, 0.29) is 18.3 Å². The molecule has 3 fully saturated rings. The highest BCUT2D eigenvalue weighted by atomic mass is 19.1. The monoisotopic (exact) mass is 421 g/mol. The maximum atomic E-state index is 14.9. The van der Waals surface area contributed by atoms with E-state index in [2.05, 4.69) is 26.8 Å². The second kappa shape index (κ2) is 6.95. The van der Waals surface area contributed by atoms with Gasteiger partial charge in [0.15, 0.2) is 5.84 Å². The van der Waals surface area contributed by atoms with Gasteiger partial charge in [0.2, 0.25) is 0 Å². The highest BCUT2D eigenvalue weighted by molar-refractivity contribution is 6.10. The molecule has 2 aromatic carbocycles. The van der Waals surface area contributed by atoms with Gasteiger partial charge in [-0.15, -0.1) is 0 Å². The zero-order valence-electron chi connectivity index (χ0n) is 17.3. The molecule has 8 heteroatoms. The normalized spacial score (nSPS) is 26.6. The lowest BCUT2D eigenvalue weighted by molar-refractivity contribution is -0.122. The Labute approximate surface area is 179 Å². The fourth-order valence-electron chi connectivity index (χ4n) is 5.20. The van der Waals surface area contributed by atoms with Gasteiger partial charge in [0.1, 0.15) is 24.2 Å². The molecule has 2 N–H and O–H groups in total. The lowest BCUT2D eigenvalue weighted by Crippen LogP contribution is -2.61. The number of carbonyl (C=O) groups is 1. The number of carbonyl (C=O) groups excluding carboxylic acids is 1. The molecule has 3 saturated heterocycles. The maximum Gasteiger partial charge on any atom is 0.262 e. The van der Waals surface area contributed by atoms with E-state index in [1.807, 2.05) is 30.0 Å². The topological polar surface area (TPSA) is 69.2 Å². The van der Waals surface area contributed by atoms with E-state index in [9.17, 15) is 9.18 Å². The lowest BCUT2D eigenvalue weighted by atomic mass is 9.90. The number of hydrazone groups is 1. The van der Waals surface area contributed by atoms with Gasteiger partial charge in [0.05, 0.1) is 5.69 Å². The Morgan fingerprint density at radius 1 is 1.16 bits per heavy atom. The fraction of sp³-hybridized carbons (Fsp3) is 0.391. The third-order valence-corrected chi connectivity index (χ3v) is 6.86. The van der Waals surface area contributed by atoms with Crippen LogP contribution in [-0.4, -0.2) is 49.6 Å². The molecule has 5 aliphatic rings. The number of ether oxygens (including phenoxy) is 1. The van der Waals surface area contributed by atoms with Crippen molar-refractivity contribution in [1.29, 1.82) is 0 Å². The summed E-state index contributed by atoms with van der Waals surface area (Å²) in [5, 5.41) is 7.78. The van der Waals surface area contributed by atoms with Crippen molar-refractivity contribution in [2.75, 3.05) is 29.5 Å². The van der Waals surface area contributed by atoms with Gasteiger partial charge in [-0.05, 0) is 38.0 Å². The molecule has 3 atom stereocenters. The number of piperazine rings is 1. The van der Waals surface area contributed by atoms with E-state index in [1.165, 1.54) is 6.07 Å². The van der Waals surface area contributed by atoms with Crippen LogP contribution in [0.5, 0.6) is 5.75 Å². The summed E-state index contributed by atoms with van der Waals surface area (Å²) in [7, 11) is 0. The first-order valence-electron chi connectivity index (χ1n) is 10.8. The number of nitrogens with zero attached hydrogens (tertiary/aromatic N) is 3. The van der Waals surface area contributed by atoms with Crippen LogP contribution in [0.1, 0.15) is 19.8 Å². The van der Waals surface area contributed by atoms with Gasteiger partial charge in [0.25, 0.3) is 5.91 Å². The van der Waals surface area contributed by atoms with Crippen LogP contribution >= 0.6 is 0 Å². The van der Waals surface area contributed by atoms with Gasteiger partial charge in [-0.1, -0.05) is 18.2 Å². The van der Waals surface area contributed by atoms with Gasteiger partial charge in [-0.25, -0.2) is 9.82 Å². The Balaban J connectivity index is 1.55. The van der Waals surface area contributed by atoms with Crippen molar-refractivity contribution in [1.82, 2.24) is 10.7 Å². The minimum absolute atomic E-state index is 0.155. The molecule has 3 unspecified atom stereocenters. The number of nitrogens with one attached hydrogen (secondary N) is 2. The third kappa shape index (κ3) is 2.89. The Bertz CT molecular complexity index is 1100. The second-order valence-electron chi connectivity index (χ2n) is 8.64. The average Bonchev–Trinajstić information content (AvgIpc) is 2.81. The summed E-state index contributed by atoms with van der Waals surface area (Å²) in [6.45, 7) is 3.91. The Hall–Kier alpha value is -3.13. The standard InChI is InChI=1S/C23H24FN5O2/c1-13-23(30)27-26-22-12-31-21-8-17(16-4-2-3-5-18(16)24)19(9-20(21)29(13)22)28-11-14-6-7-15(28)10-25-14/h2-5,8-9,13-15,25H,6-7,10-12H2,1H3,(H,27,30). The Morgan fingerprint density at radius 2 is 2.03 bits per heavy atom. The molecule has 160 valence electrons. The molecule has 0 aliphatic carbocycles. The van der Waals surface area contributed by atoms with E-state index < -0.39 is 6.04 Å². The molecule has 0 radical (unpaired) electrons. The highest BCUT2D eigenvalue weighted by Crippen LogP contribution is 2.46. The van der Waals surface area contributed by atoms with Crippen molar-refractivity contribution in [3.05, 3.63) is 42.2 Å². The SMILES string of the molecule is CC1C(=O)NN=C2COc3cc(-c4ccccc4F)c(N4CC5CCC4CN5)cc3N21. The summed E-state index contributed by atoms with van der Waals surface area (Å²) in [6.07, 6.45) is 2.27. The summed E-state index contributed by atoms with van der Waals surface area (Å²) in [6, 6.07) is 11.2. The van der Waals surface area contributed by atoms with Crippen molar-refractivity contribution in [2.24, 2.45) is 5.10 Å². The lowest BCUT2D eigenvalue weighted by Gasteiger charge is -2.48. The van der Waals surface area contributed by atoms with Crippen LogP contribution in [0, 0.1) is 5.82 Å². The van der Waals surface area contributed by atoms with Crippen LogP contribution in [0.4, 0.5) is 15.8 Å². The van der Waals surface area contributed by atoms with Gasteiger partial charge < -0.3 is 19.9 Å². The minimum atomic E-state index is -0.401. The molecule has 7 nitrogen and oxygen atoms in total. The van der Waals surface area contributed by atoms with E-state index in [4.69, 9.17) is 4.74 Å². The second-order valence-corrected chi connectivity index (χ2v) is 8.64. The fourth-order valence-corrected chi connectivity index (χ4v) is 5.20. The first-order chi connectivity index (χ1) is 15.1. The first kappa shape index (κ1) is 18.6. The largest absolute Gasteiger partial charge is 0.483 e. The number of rotatable bonds is 2. The van der Waals surface area contributed by atoms with Gasteiger partial charge in [0, 0.05) is 42.0 Å². The quantitative estimate of drug-likeness (QED) is 0.780. The number of halogens is 1. The highest BCUT2D eigenvalue weighted by Gasteiger charge is 2.39. The van der Waals surface area contributed by atoms with Crippen LogP contribution in [0.15, 0.2) is 41.5 Å². The predicted molar refractivity (Wildman–Crippen MR) is 117 cm³/mol. The van der Waals surface area contributed by atoms with E-state index in [0.29, 0.717) is 29.2 Å². The van der Waals surface area contributed by atoms with Crippen LogP contribution in [-0.2, 0) is 4.79 Å². The molecule has 2 bridgehead atoms. The number of hydrogen-bond donors (Lipinski definition) is 2. The van der Waals surface area contributed by atoms with Gasteiger partial charge in [-0.2, -0.15) is 5.10 Å². The summed E-state index contributed by atoms with van der Waals surface area (Å²) in [5.74, 6) is 0.902. The molecular formula is C23H24FN5O2. The number of piperidine rings is 2. The molecule has 0 spiro atoms. The Morgan fingerprint density at radius 3 is 2.77 bits per heavy atom. The molecular weight excluding hydrogens is 397 g/mol. The minimum Gasteiger partial charge on any atom is -0.483 e. The molecule has 0 aromatic heterocycles. The summed E-state index contributed by atoms with van der Waals surface area (Å²) >= 11 is 0. The number of hydrogen-bond acceptors (Lipinski definition) is 6. The molecule has 5 heterocycles. The van der Waals surface area contributed by atoms with Crippen LogP contribution in [0.25, 0.3) is 11.1 Å². The summed E-state index contributed by atoms with van der Waals surface area (Å²) in [4.78, 5) is 16.6. The number of fused-ring (bicyclic) bond motifs is 6. The first-order valence-corrected chi connectivity index (χ1v) is 10.8. The maximum absolute atomic E-state index is 14.9. The van der Waals surface area contributed by atoms with Crippen LogP contribution in [0.3, 0.4) is 0 Å². The van der Waals surface area contributed by atoms with Crippen LogP contribution in [0.2, 0.25) is 0 Å². The molecule has 2 aromatic rings. The van der Waals surface area contributed by atoms with Gasteiger partial charge >= 0.3 is 0 Å². The average molecular weight is 421 g/mol. The van der Waals surface area contributed by atoms with Crippen LogP contribution < -0.4 is 25.3 Å². The summed E-state index contributed by atoms with van der Waals surface area (Å²) < 4.78 is 20.9. The van der Waals surface area contributed by atoms with E-state index in [0.717, 1.165) is 42.9 Å². The zero-order valence-corrected chi connectivity index (χ0v) is 17.3. The third-order valence-electron chi connectivity index (χ3n) is 6.86. The molecule has 31 heavy (non-hydrogen) atoms. The Kier molecular flexibility index (Phi) is 4.17. The predicted octanol–water partition coefficient (Wildman–Crippen LogP) is 2.46. The number of benzene rings is 2. The zero-order chi connectivity index (χ0) is 21.1. The van der Waals surface area contributed by atoms with E-state index >= 15 is 0 Å². The molecule has 7 rings (SSSR count). The number of anilines is 2. The number of amides is 1. The van der Waals surface area contributed by atoms with E-state index in [1.54, 1.807) is 6.07 Å². The smallest absolute Gasteiger partial charge is 0.262 e. The van der Waals surface area contributed by atoms with Crippen molar-refractivity contribution < 1.29 is 13.9 Å². The van der Waals surface area contributed by atoms with Gasteiger partial charge in [-0.3, -0.25) is 4.79 Å². The summed E-state index contributed by atoms with van der Waals surface area (Å²) in [5.41, 5.74) is 5.72. The molecule has 1 amide bonds. The van der Waals surface area contributed by atoms with Crippen molar-refractivity contribution in [3.63, 3.8) is 0 Å². The number of amidine groups is 1. The molecule has 0 saturated carbocycles.